The molecule has 1 unspecified atom stereocenters. The molecule has 1 heterocycles. The van der Waals surface area contributed by atoms with E-state index in [1.165, 1.54) is 17.7 Å². The lowest BCUT2D eigenvalue weighted by Gasteiger charge is -2.39. The van der Waals surface area contributed by atoms with Crippen LogP contribution >= 0.6 is 0 Å². The predicted molar refractivity (Wildman–Crippen MR) is 107 cm³/mol. The Hall–Kier alpha value is -2.69. The predicted octanol–water partition coefficient (Wildman–Crippen LogP) is 3.62. The number of amides is 2. The van der Waals surface area contributed by atoms with E-state index in [1.807, 2.05) is 38.1 Å². The molecule has 28 heavy (non-hydrogen) atoms. The van der Waals surface area contributed by atoms with Crippen molar-refractivity contribution in [1.29, 1.82) is 0 Å². The Morgan fingerprint density at radius 3 is 2.39 bits per heavy atom. The van der Waals surface area contributed by atoms with Gasteiger partial charge in [0.25, 0.3) is 0 Å². The maximum absolute atomic E-state index is 13.0. The van der Waals surface area contributed by atoms with Crippen molar-refractivity contribution in [1.82, 2.24) is 10.2 Å². The number of piperidine rings is 1. The van der Waals surface area contributed by atoms with Crippen molar-refractivity contribution in [3.8, 4) is 0 Å². The van der Waals surface area contributed by atoms with E-state index in [4.69, 9.17) is 0 Å². The number of nitrogens with zero attached hydrogens (tertiary/aromatic N) is 1. The molecule has 1 saturated heterocycles. The minimum Gasteiger partial charge on any atom is -0.351 e. The van der Waals surface area contributed by atoms with E-state index < -0.39 is 5.41 Å². The van der Waals surface area contributed by atoms with Crippen molar-refractivity contribution < 1.29 is 14.0 Å². The number of carbonyl (C=O) groups excluding carboxylic acids is 2. The minimum absolute atomic E-state index is 0.0210. The van der Waals surface area contributed by atoms with Crippen molar-refractivity contribution in [2.24, 2.45) is 5.41 Å². The molecule has 1 fully saturated rings. The fourth-order valence-corrected chi connectivity index (χ4v) is 3.63. The van der Waals surface area contributed by atoms with Gasteiger partial charge in [0.05, 0.1) is 11.8 Å². The van der Waals surface area contributed by atoms with Crippen LogP contribution in [0.25, 0.3) is 0 Å². The first-order valence-electron chi connectivity index (χ1n) is 9.72. The standard InChI is InChI=1S/C23H27FN2O2/c1-17-4-6-19(7-5-17)15-25-22(28)23(2)12-3-13-26(16-23)21(27)14-18-8-10-20(24)11-9-18/h4-11H,3,12-16H2,1-2H3,(H,25,28). The lowest BCUT2D eigenvalue weighted by molar-refractivity contribution is -0.140. The van der Waals surface area contributed by atoms with Gasteiger partial charge in [-0.15, -0.1) is 0 Å². The summed E-state index contributed by atoms with van der Waals surface area (Å²) in [4.78, 5) is 27.3. The highest BCUT2D eigenvalue weighted by atomic mass is 19.1. The molecular weight excluding hydrogens is 355 g/mol. The Labute approximate surface area is 165 Å². The largest absolute Gasteiger partial charge is 0.351 e. The van der Waals surface area contributed by atoms with Gasteiger partial charge in [0, 0.05) is 19.6 Å². The van der Waals surface area contributed by atoms with Crippen LogP contribution in [0.3, 0.4) is 0 Å². The molecule has 1 atom stereocenters. The van der Waals surface area contributed by atoms with Gasteiger partial charge in [-0.3, -0.25) is 9.59 Å². The molecular formula is C23H27FN2O2. The van der Waals surface area contributed by atoms with Crippen molar-refractivity contribution in [2.45, 2.75) is 39.7 Å². The van der Waals surface area contributed by atoms with Crippen molar-refractivity contribution in [2.75, 3.05) is 13.1 Å². The first kappa shape index (κ1) is 20.1. The summed E-state index contributed by atoms with van der Waals surface area (Å²) in [5, 5.41) is 3.03. The van der Waals surface area contributed by atoms with E-state index in [2.05, 4.69) is 5.32 Å². The van der Waals surface area contributed by atoms with E-state index in [9.17, 15) is 14.0 Å². The maximum Gasteiger partial charge on any atom is 0.227 e. The molecule has 4 nitrogen and oxygen atoms in total. The molecule has 0 aliphatic carbocycles. The summed E-state index contributed by atoms with van der Waals surface area (Å²) in [5.74, 6) is -0.358. The molecule has 0 radical (unpaired) electrons. The summed E-state index contributed by atoms with van der Waals surface area (Å²) in [6, 6.07) is 14.1. The van der Waals surface area contributed by atoms with Crippen LogP contribution in [0.15, 0.2) is 48.5 Å². The molecule has 2 amide bonds. The Bertz CT molecular complexity index is 833. The van der Waals surface area contributed by atoms with Crippen molar-refractivity contribution in [3.63, 3.8) is 0 Å². The van der Waals surface area contributed by atoms with E-state index in [-0.39, 0.29) is 24.1 Å². The second kappa shape index (κ2) is 8.55. The molecule has 0 bridgehead atoms. The van der Waals surface area contributed by atoms with Gasteiger partial charge < -0.3 is 10.2 Å². The van der Waals surface area contributed by atoms with Gasteiger partial charge in [0.1, 0.15) is 5.82 Å². The normalized spacial score (nSPS) is 19.3. The first-order valence-corrected chi connectivity index (χ1v) is 9.72. The number of likely N-dealkylation sites (tertiary alicyclic amines) is 1. The third kappa shape index (κ3) is 4.97. The summed E-state index contributed by atoms with van der Waals surface area (Å²) in [6.07, 6.45) is 1.78. The first-order chi connectivity index (χ1) is 13.4. The van der Waals surface area contributed by atoms with Gasteiger partial charge in [-0.25, -0.2) is 4.39 Å². The van der Waals surface area contributed by atoms with Crippen LogP contribution in [0, 0.1) is 18.2 Å². The van der Waals surface area contributed by atoms with Crippen LogP contribution in [-0.4, -0.2) is 29.8 Å². The Morgan fingerprint density at radius 1 is 1.07 bits per heavy atom. The third-order valence-electron chi connectivity index (χ3n) is 5.44. The molecule has 2 aromatic rings. The zero-order valence-corrected chi connectivity index (χ0v) is 16.5. The van der Waals surface area contributed by atoms with E-state index in [0.29, 0.717) is 19.6 Å². The topological polar surface area (TPSA) is 49.4 Å². The highest BCUT2D eigenvalue weighted by Gasteiger charge is 2.39. The summed E-state index contributed by atoms with van der Waals surface area (Å²) in [6.45, 7) is 5.50. The number of hydrogen-bond donors (Lipinski definition) is 1. The van der Waals surface area contributed by atoms with E-state index in [0.717, 1.165) is 24.0 Å². The fourth-order valence-electron chi connectivity index (χ4n) is 3.63. The summed E-state index contributed by atoms with van der Waals surface area (Å²) in [7, 11) is 0. The molecule has 0 aromatic heterocycles. The van der Waals surface area contributed by atoms with Gasteiger partial charge in [-0.05, 0) is 49.9 Å². The number of nitrogens with one attached hydrogen (secondary N) is 1. The molecule has 0 saturated carbocycles. The van der Waals surface area contributed by atoms with Crippen molar-refractivity contribution >= 4 is 11.8 Å². The maximum atomic E-state index is 13.0. The summed E-state index contributed by atoms with van der Waals surface area (Å²) < 4.78 is 13.0. The van der Waals surface area contributed by atoms with E-state index >= 15 is 0 Å². The van der Waals surface area contributed by atoms with Crippen LogP contribution < -0.4 is 5.32 Å². The van der Waals surface area contributed by atoms with Crippen LogP contribution in [-0.2, 0) is 22.6 Å². The minimum atomic E-state index is -0.596. The smallest absolute Gasteiger partial charge is 0.227 e. The Balaban J connectivity index is 1.58. The molecule has 3 rings (SSSR count). The number of halogens is 1. The van der Waals surface area contributed by atoms with E-state index in [1.54, 1.807) is 17.0 Å². The lowest BCUT2D eigenvalue weighted by Crippen LogP contribution is -2.52. The zero-order valence-electron chi connectivity index (χ0n) is 16.5. The zero-order chi connectivity index (χ0) is 20.1. The average Bonchev–Trinajstić information content (AvgIpc) is 2.69. The summed E-state index contributed by atoms with van der Waals surface area (Å²) in [5.41, 5.74) is 2.43. The second-order valence-corrected chi connectivity index (χ2v) is 7.95. The van der Waals surface area contributed by atoms with Gasteiger partial charge in [0.2, 0.25) is 11.8 Å². The van der Waals surface area contributed by atoms with Crippen LogP contribution in [0.1, 0.15) is 36.5 Å². The van der Waals surface area contributed by atoms with Gasteiger partial charge in [-0.2, -0.15) is 0 Å². The highest BCUT2D eigenvalue weighted by molar-refractivity contribution is 5.84. The molecule has 5 heteroatoms. The Morgan fingerprint density at radius 2 is 1.71 bits per heavy atom. The monoisotopic (exact) mass is 382 g/mol. The number of rotatable bonds is 5. The van der Waals surface area contributed by atoms with Crippen LogP contribution in [0.5, 0.6) is 0 Å². The quantitative estimate of drug-likeness (QED) is 0.859. The highest BCUT2D eigenvalue weighted by Crippen LogP contribution is 2.30. The van der Waals surface area contributed by atoms with Gasteiger partial charge in [-0.1, -0.05) is 42.0 Å². The Kier molecular flexibility index (Phi) is 6.12. The second-order valence-electron chi connectivity index (χ2n) is 7.95. The average molecular weight is 382 g/mol. The third-order valence-corrected chi connectivity index (χ3v) is 5.44. The van der Waals surface area contributed by atoms with Crippen LogP contribution in [0.2, 0.25) is 0 Å². The molecule has 0 spiro atoms. The number of hydrogen-bond acceptors (Lipinski definition) is 2. The van der Waals surface area contributed by atoms with Crippen molar-refractivity contribution in [3.05, 3.63) is 71.0 Å². The number of aryl methyl sites for hydroxylation is 1. The van der Waals surface area contributed by atoms with Gasteiger partial charge in [0.15, 0.2) is 0 Å². The molecule has 148 valence electrons. The SMILES string of the molecule is Cc1ccc(CNC(=O)C2(C)CCCN(C(=O)Cc3ccc(F)cc3)C2)cc1. The fraction of sp³-hybridized carbons (Fsp3) is 0.391. The lowest BCUT2D eigenvalue weighted by atomic mass is 9.80. The number of carbonyl (C=O) groups is 2. The molecule has 1 aliphatic heterocycles. The molecule has 1 aliphatic rings. The molecule has 2 aromatic carbocycles. The van der Waals surface area contributed by atoms with Gasteiger partial charge >= 0.3 is 0 Å². The summed E-state index contributed by atoms with van der Waals surface area (Å²) >= 11 is 0. The number of benzene rings is 2. The van der Waals surface area contributed by atoms with Crippen LogP contribution in [0.4, 0.5) is 4.39 Å². The molecule has 1 N–H and O–H groups in total.